The molecule has 1 unspecified atom stereocenters. The van der Waals surface area contributed by atoms with E-state index in [1.165, 1.54) is 56.1 Å². The first-order valence-corrected chi connectivity index (χ1v) is 16.7. The monoisotopic (exact) mass is 557 g/mol. The third-order valence-corrected chi connectivity index (χ3v) is 14.4. The highest BCUT2D eigenvalue weighted by Crippen LogP contribution is 2.76. The molecule has 5 aliphatic rings. The number of benzene rings is 1. The fourth-order valence-corrected chi connectivity index (χ4v) is 12.1. The average molecular weight is 558 g/mol. The molecule has 224 valence electrons. The van der Waals surface area contributed by atoms with Gasteiger partial charge in [0.15, 0.2) is 5.78 Å². The average Bonchev–Trinajstić information content (AvgIpc) is 3.17. The standard InChI is InChI=1S/C38H55NO2/c1-23(2)31-27(40)22-35(6)20-21-37(8)26(32(31)35)14-15-29-36(7)18-17-30(34(4,5)28(36)16-19-38(29,37)9)39-33(41)25-12-10-24(3)11-13-25/h10-13,23,26,28-30H,14-22H2,1-9H3,(H,39,41)/t26-,28+,29-,30?,35+,36+,37-,38-/m1/s1. The van der Waals surface area contributed by atoms with Gasteiger partial charge in [-0.1, -0.05) is 78.7 Å². The molecule has 0 bridgehead atoms. The molecule has 1 amide bonds. The summed E-state index contributed by atoms with van der Waals surface area (Å²) in [4.78, 5) is 26.7. The van der Waals surface area contributed by atoms with Gasteiger partial charge in [0.25, 0.3) is 5.91 Å². The highest BCUT2D eigenvalue weighted by atomic mass is 16.1. The summed E-state index contributed by atoms with van der Waals surface area (Å²) in [5.41, 5.74) is 5.66. The van der Waals surface area contributed by atoms with Crippen molar-refractivity contribution in [2.24, 2.45) is 50.7 Å². The number of ketones is 1. The van der Waals surface area contributed by atoms with Gasteiger partial charge in [0.05, 0.1) is 0 Å². The van der Waals surface area contributed by atoms with Crippen LogP contribution < -0.4 is 5.32 Å². The second-order valence-corrected chi connectivity index (χ2v) is 17.0. The minimum absolute atomic E-state index is 0.0444. The molecule has 4 fully saturated rings. The lowest BCUT2D eigenvalue weighted by Gasteiger charge is -2.72. The van der Waals surface area contributed by atoms with E-state index in [-0.39, 0.29) is 39.0 Å². The van der Waals surface area contributed by atoms with Crippen molar-refractivity contribution in [3.05, 3.63) is 46.5 Å². The minimum Gasteiger partial charge on any atom is -0.349 e. The number of hydrogen-bond acceptors (Lipinski definition) is 2. The summed E-state index contributed by atoms with van der Waals surface area (Å²) in [6, 6.07) is 8.19. The Morgan fingerprint density at radius 1 is 0.829 bits per heavy atom. The Morgan fingerprint density at radius 2 is 1.51 bits per heavy atom. The van der Waals surface area contributed by atoms with E-state index in [0.717, 1.165) is 18.4 Å². The van der Waals surface area contributed by atoms with Crippen LogP contribution >= 0.6 is 0 Å². The first-order chi connectivity index (χ1) is 19.1. The number of aryl methyl sites for hydroxylation is 1. The van der Waals surface area contributed by atoms with Gasteiger partial charge < -0.3 is 5.32 Å². The van der Waals surface area contributed by atoms with Crippen LogP contribution in [0.3, 0.4) is 0 Å². The molecule has 3 nitrogen and oxygen atoms in total. The Kier molecular flexibility index (Phi) is 6.62. The van der Waals surface area contributed by atoms with Crippen LogP contribution in [-0.4, -0.2) is 17.7 Å². The molecule has 6 rings (SSSR count). The van der Waals surface area contributed by atoms with E-state index in [9.17, 15) is 9.59 Å². The second-order valence-electron chi connectivity index (χ2n) is 17.0. The maximum atomic E-state index is 13.4. The summed E-state index contributed by atoms with van der Waals surface area (Å²) >= 11 is 0. The first kappa shape index (κ1) is 29.2. The SMILES string of the molecule is Cc1ccc(C(=O)NC2CC[C@]3(C)[C@H]4CC[C@@H]5C6=C(C(C)C)C(=O)C[C@]6(C)CC[C@@]5(C)[C@]4(C)CC[C@H]3C2(C)C)cc1. The molecule has 1 aromatic carbocycles. The summed E-state index contributed by atoms with van der Waals surface area (Å²) in [5.74, 6) is 2.67. The van der Waals surface area contributed by atoms with Crippen LogP contribution in [0.2, 0.25) is 0 Å². The van der Waals surface area contributed by atoms with Gasteiger partial charge in [0, 0.05) is 18.0 Å². The van der Waals surface area contributed by atoms with E-state index in [0.29, 0.717) is 29.5 Å². The van der Waals surface area contributed by atoms with Crippen LogP contribution in [0, 0.1) is 57.7 Å². The Morgan fingerprint density at radius 3 is 2.17 bits per heavy atom. The predicted octanol–water partition coefficient (Wildman–Crippen LogP) is 9.09. The molecule has 0 aromatic heterocycles. The van der Waals surface area contributed by atoms with Crippen LogP contribution in [0.5, 0.6) is 0 Å². The lowest BCUT2D eigenvalue weighted by Crippen LogP contribution is -2.66. The number of nitrogens with one attached hydrogen (secondary N) is 1. The second kappa shape index (κ2) is 9.30. The van der Waals surface area contributed by atoms with Crippen molar-refractivity contribution in [3.63, 3.8) is 0 Å². The Bertz CT molecular complexity index is 1290. The van der Waals surface area contributed by atoms with E-state index in [1.54, 1.807) is 5.57 Å². The van der Waals surface area contributed by atoms with E-state index in [2.05, 4.69) is 67.6 Å². The number of allylic oxidation sites excluding steroid dienone is 2. The van der Waals surface area contributed by atoms with Crippen LogP contribution in [0.4, 0.5) is 0 Å². The summed E-state index contributed by atoms with van der Waals surface area (Å²) < 4.78 is 0. The predicted molar refractivity (Wildman–Crippen MR) is 168 cm³/mol. The summed E-state index contributed by atoms with van der Waals surface area (Å²) in [7, 11) is 0. The molecule has 1 N–H and O–H groups in total. The van der Waals surface area contributed by atoms with Gasteiger partial charge in [-0.05, 0) is 127 Å². The van der Waals surface area contributed by atoms with Gasteiger partial charge in [0.1, 0.15) is 0 Å². The number of hydrogen-bond donors (Lipinski definition) is 1. The Hall–Kier alpha value is -1.90. The topological polar surface area (TPSA) is 46.2 Å². The number of carbonyl (C=O) groups excluding carboxylic acids is 2. The van der Waals surface area contributed by atoms with Crippen molar-refractivity contribution < 1.29 is 9.59 Å². The van der Waals surface area contributed by atoms with Crippen molar-refractivity contribution in [1.29, 1.82) is 0 Å². The molecule has 0 heterocycles. The molecule has 1 aromatic rings. The zero-order valence-corrected chi connectivity index (χ0v) is 27.4. The van der Waals surface area contributed by atoms with E-state index >= 15 is 0 Å². The van der Waals surface area contributed by atoms with Gasteiger partial charge >= 0.3 is 0 Å². The molecule has 0 radical (unpaired) electrons. The van der Waals surface area contributed by atoms with Gasteiger partial charge in [-0.15, -0.1) is 0 Å². The number of Topliss-reactive ketones (excluding diaryl/α,β-unsaturated/α-hetero) is 1. The number of fused-ring (bicyclic) bond motifs is 7. The fourth-order valence-electron chi connectivity index (χ4n) is 12.1. The molecule has 0 aliphatic heterocycles. The number of rotatable bonds is 3. The quantitative estimate of drug-likeness (QED) is 0.403. The maximum absolute atomic E-state index is 13.4. The van der Waals surface area contributed by atoms with Crippen molar-refractivity contribution in [2.75, 3.05) is 0 Å². The third-order valence-electron chi connectivity index (χ3n) is 14.4. The zero-order chi connectivity index (χ0) is 29.8. The zero-order valence-electron chi connectivity index (χ0n) is 27.4. The Balaban J connectivity index is 1.30. The molecule has 4 saturated carbocycles. The summed E-state index contributed by atoms with van der Waals surface area (Å²) in [6.07, 6.45) is 10.4. The highest BCUT2D eigenvalue weighted by molar-refractivity contribution is 6.00. The largest absolute Gasteiger partial charge is 0.349 e. The summed E-state index contributed by atoms with van der Waals surface area (Å²) in [5, 5.41) is 3.50. The van der Waals surface area contributed by atoms with Crippen molar-refractivity contribution in [1.82, 2.24) is 5.32 Å². The number of carbonyl (C=O) groups is 2. The van der Waals surface area contributed by atoms with Crippen LogP contribution in [0.15, 0.2) is 35.4 Å². The first-order valence-electron chi connectivity index (χ1n) is 16.7. The normalized spacial score (nSPS) is 43.2. The van der Waals surface area contributed by atoms with Crippen molar-refractivity contribution in [2.45, 2.75) is 126 Å². The van der Waals surface area contributed by atoms with Gasteiger partial charge in [-0.25, -0.2) is 0 Å². The number of amides is 1. The fraction of sp³-hybridized carbons (Fsp3) is 0.737. The Labute approximate surface area is 249 Å². The molecular formula is C38H55NO2. The molecule has 5 aliphatic carbocycles. The van der Waals surface area contributed by atoms with Gasteiger partial charge in [-0.3, -0.25) is 9.59 Å². The van der Waals surface area contributed by atoms with Crippen molar-refractivity contribution >= 4 is 11.7 Å². The molecule has 0 saturated heterocycles. The van der Waals surface area contributed by atoms with Crippen LogP contribution in [0.25, 0.3) is 0 Å². The minimum atomic E-state index is 0.0444. The van der Waals surface area contributed by atoms with Crippen LogP contribution in [0.1, 0.15) is 129 Å². The van der Waals surface area contributed by atoms with E-state index in [4.69, 9.17) is 0 Å². The third kappa shape index (κ3) is 3.95. The van der Waals surface area contributed by atoms with E-state index < -0.39 is 0 Å². The van der Waals surface area contributed by atoms with Gasteiger partial charge in [-0.2, -0.15) is 0 Å². The maximum Gasteiger partial charge on any atom is 0.251 e. The van der Waals surface area contributed by atoms with Crippen molar-refractivity contribution in [3.8, 4) is 0 Å². The van der Waals surface area contributed by atoms with E-state index in [1.807, 2.05) is 24.3 Å². The summed E-state index contributed by atoms with van der Waals surface area (Å²) in [6.45, 7) is 21.8. The molecule has 0 spiro atoms. The molecule has 41 heavy (non-hydrogen) atoms. The molecule has 8 atom stereocenters. The molecule has 3 heteroatoms. The smallest absolute Gasteiger partial charge is 0.251 e. The lowest BCUT2D eigenvalue weighted by atomic mass is 9.33. The van der Waals surface area contributed by atoms with Crippen LogP contribution in [-0.2, 0) is 4.79 Å². The van der Waals surface area contributed by atoms with Gasteiger partial charge in [0.2, 0.25) is 0 Å². The molecular weight excluding hydrogens is 502 g/mol. The lowest BCUT2D eigenvalue weighted by molar-refractivity contribution is -0.215. The highest BCUT2D eigenvalue weighted by Gasteiger charge is 2.69.